The van der Waals surface area contributed by atoms with E-state index in [-0.39, 0.29) is 11.5 Å². The molecule has 1 atom stereocenters. The summed E-state index contributed by atoms with van der Waals surface area (Å²) in [5.74, 6) is 1.60. The summed E-state index contributed by atoms with van der Waals surface area (Å²) in [5.41, 5.74) is 5.81. The van der Waals surface area contributed by atoms with Crippen LogP contribution in [0, 0.1) is 5.41 Å². The number of anilines is 1. The monoisotopic (exact) mass is 251 g/mol. The van der Waals surface area contributed by atoms with Gasteiger partial charge in [-0.05, 0) is 37.4 Å². The van der Waals surface area contributed by atoms with E-state index in [4.69, 9.17) is 10.5 Å². The van der Waals surface area contributed by atoms with Crippen LogP contribution in [0.15, 0.2) is 18.3 Å². The molecule has 3 N–H and O–H groups in total. The lowest BCUT2D eigenvalue weighted by molar-refractivity contribution is 0.320. The Morgan fingerprint density at radius 3 is 2.72 bits per heavy atom. The number of aromatic nitrogens is 1. The van der Waals surface area contributed by atoms with Crippen LogP contribution in [0.3, 0.4) is 0 Å². The predicted molar refractivity (Wildman–Crippen MR) is 75.9 cm³/mol. The molecule has 0 amide bonds. The van der Waals surface area contributed by atoms with Crippen LogP contribution >= 0.6 is 0 Å². The molecule has 0 aromatic carbocycles. The summed E-state index contributed by atoms with van der Waals surface area (Å²) in [7, 11) is 0. The molecule has 0 spiro atoms. The summed E-state index contributed by atoms with van der Waals surface area (Å²) in [4.78, 5) is 4.36. The lowest BCUT2D eigenvalue weighted by atomic mass is 9.85. The molecular weight excluding hydrogens is 226 g/mol. The van der Waals surface area contributed by atoms with Crippen LogP contribution < -0.4 is 15.8 Å². The molecular formula is C14H25N3O. The van der Waals surface area contributed by atoms with Crippen molar-refractivity contribution in [3.63, 3.8) is 0 Å². The number of nitrogens with zero attached hydrogens (tertiary/aromatic N) is 1. The Hall–Kier alpha value is -1.29. The van der Waals surface area contributed by atoms with Crippen LogP contribution in [-0.2, 0) is 0 Å². The predicted octanol–water partition coefficient (Wildman–Crippen LogP) is 2.66. The van der Waals surface area contributed by atoms with Gasteiger partial charge < -0.3 is 15.8 Å². The largest absolute Gasteiger partial charge is 0.490 e. The van der Waals surface area contributed by atoms with Gasteiger partial charge in [-0.25, -0.2) is 4.98 Å². The van der Waals surface area contributed by atoms with Gasteiger partial charge in [-0.2, -0.15) is 0 Å². The summed E-state index contributed by atoms with van der Waals surface area (Å²) >= 11 is 0. The molecule has 1 rings (SSSR count). The SMILES string of the molecule is CCOc1cccnc1NC(CCN)C(C)(C)C. The maximum absolute atomic E-state index is 5.68. The summed E-state index contributed by atoms with van der Waals surface area (Å²) < 4.78 is 5.57. The van der Waals surface area contributed by atoms with Gasteiger partial charge >= 0.3 is 0 Å². The average molecular weight is 251 g/mol. The minimum atomic E-state index is 0.125. The fourth-order valence-electron chi connectivity index (χ4n) is 1.82. The molecule has 0 fully saturated rings. The highest BCUT2D eigenvalue weighted by atomic mass is 16.5. The maximum Gasteiger partial charge on any atom is 0.168 e. The Bertz CT molecular complexity index is 360. The van der Waals surface area contributed by atoms with Crippen molar-refractivity contribution in [2.75, 3.05) is 18.5 Å². The van der Waals surface area contributed by atoms with Crippen molar-refractivity contribution in [1.82, 2.24) is 4.98 Å². The molecule has 102 valence electrons. The fraction of sp³-hybridized carbons (Fsp3) is 0.643. The van der Waals surface area contributed by atoms with Crippen molar-refractivity contribution in [2.45, 2.75) is 40.2 Å². The van der Waals surface area contributed by atoms with Gasteiger partial charge in [-0.1, -0.05) is 20.8 Å². The second kappa shape index (κ2) is 6.59. The molecule has 1 heterocycles. The van der Waals surface area contributed by atoms with E-state index in [9.17, 15) is 0 Å². The minimum absolute atomic E-state index is 0.125. The average Bonchev–Trinajstić information content (AvgIpc) is 2.30. The second-order valence-electron chi connectivity index (χ2n) is 5.42. The van der Waals surface area contributed by atoms with Crippen LogP contribution in [0.1, 0.15) is 34.1 Å². The Morgan fingerprint density at radius 2 is 2.17 bits per heavy atom. The molecule has 1 unspecified atom stereocenters. The Labute approximate surface area is 110 Å². The molecule has 0 aliphatic rings. The van der Waals surface area contributed by atoms with Crippen molar-refractivity contribution >= 4 is 5.82 Å². The first-order valence-electron chi connectivity index (χ1n) is 6.53. The van der Waals surface area contributed by atoms with Gasteiger partial charge in [0, 0.05) is 12.2 Å². The van der Waals surface area contributed by atoms with Crippen molar-refractivity contribution in [3.8, 4) is 5.75 Å². The van der Waals surface area contributed by atoms with Crippen LogP contribution in [-0.4, -0.2) is 24.2 Å². The van der Waals surface area contributed by atoms with E-state index in [1.165, 1.54) is 0 Å². The van der Waals surface area contributed by atoms with E-state index in [2.05, 4.69) is 31.1 Å². The van der Waals surface area contributed by atoms with Gasteiger partial charge in [-0.3, -0.25) is 0 Å². The van der Waals surface area contributed by atoms with Crippen molar-refractivity contribution in [3.05, 3.63) is 18.3 Å². The first kappa shape index (κ1) is 14.8. The molecule has 0 aliphatic carbocycles. The van der Waals surface area contributed by atoms with Gasteiger partial charge in [0.05, 0.1) is 6.61 Å². The highest BCUT2D eigenvalue weighted by Crippen LogP contribution is 2.28. The van der Waals surface area contributed by atoms with Crippen molar-refractivity contribution < 1.29 is 4.74 Å². The zero-order chi connectivity index (χ0) is 13.6. The summed E-state index contributed by atoms with van der Waals surface area (Å²) in [6.07, 6.45) is 2.68. The maximum atomic E-state index is 5.68. The van der Waals surface area contributed by atoms with E-state index in [0.717, 1.165) is 18.0 Å². The van der Waals surface area contributed by atoms with Crippen LogP contribution in [0.2, 0.25) is 0 Å². The normalized spacial score (nSPS) is 13.2. The van der Waals surface area contributed by atoms with E-state index < -0.39 is 0 Å². The molecule has 0 saturated carbocycles. The summed E-state index contributed by atoms with van der Waals surface area (Å²) in [5, 5.41) is 3.46. The van der Waals surface area contributed by atoms with Crippen LogP contribution in [0.25, 0.3) is 0 Å². The molecule has 4 heteroatoms. The standard InChI is InChI=1S/C14H25N3O/c1-5-18-11-7-6-10-16-13(11)17-12(8-9-15)14(2,3)4/h6-7,10,12H,5,8-9,15H2,1-4H3,(H,16,17). The lowest BCUT2D eigenvalue weighted by Crippen LogP contribution is -2.36. The third kappa shape index (κ3) is 4.18. The lowest BCUT2D eigenvalue weighted by Gasteiger charge is -2.32. The smallest absolute Gasteiger partial charge is 0.168 e. The number of hydrogen-bond donors (Lipinski definition) is 2. The third-order valence-electron chi connectivity index (χ3n) is 2.88. The van der Waals surface area contributed by atoms with Crippen LogP contribution in [0.4, 0.5) is 5.82 Å². The van der Waals surface area contributed by atoms with Gasteiger partial charge in [-0.15, -0.1) is 0 Å². The zero-order valence-electron chi connectivity index (χ0n) is 11.9. The molecule has 4 nitrogen and oxygen atoms in total. The molecule has 1 aromatic rings. The first-order valence-corrected chi connectivity index (χ1v) is 6.53. The van der Waals surface area contributed by atoms with E-state index >= 15 is 0 Å². The highest BCUT2D eigenvalue weighted by Gasteiger charge is 2.24. The van der Waals surface area contributed by atoms with Crippen LogP contribution in [0.5, 0.6) is 5.75 Å². The number of rotatable bonds is 6. The van der Waals surface area contributed by atoms with E-state index in [1.807, 2.05) is 19.1 Å². The fourth-order valence-corrected chi connectivity index (χ4v) is 1.82. The molecule has 1 aromatic heterocycles. The number of nitrogens with one attached hydrogen (secondary N) is 1. The molecule has 0 bridgehead atoms. The summed E-state index contributed by atoms with van der Waals surface area (Å²) in [6, 6.07) is 4.09. The van der Waals surface area contributed by atoms with E-state index in [1.54, 1.807) is 6.20 Å². The van der Waals surface area contributed by atoms with Gasteiger partial charge in [0.1, 0.15) is 0 Å². The Kier molecular flexibility index (Phi) is 5.41. The van der Waals surface area contributed by atoms with Crippen molar-refractivity contribution in [2.24, 2.45) is 11.1 Å². The van der Waals surface area contributed by atoms with E-state index in [0.29, 0.717) is 13.2 Å². The number of nitrogens with two attached hydrogens (primary N) is 1. The number of ether oxygens (including phenoxy) is 1. The Morgan fingerprint density at radius 1 is 1.44 bits per heavy atom. The molecule has 0 saturated heterocycles. The highest BCUT2D eigenvalue weighted by molar-refractivity contribution is 5.50. The Balaban J connectivity index is 2.86. The third-order valence-corrected chi connectivity index (χ3v) is 2.88. The van der Waals surface area contributed by atoms with Gasteiger partial charge in [0.15, 0.2) is 11.6 Å². The topological polar surface area (TPSA) is 60.2 Å². The summed E-state index contributed by atoms with van der Waals surface area (Å²) in [6.45, 7) is 9.86. The second-order valence-corrected chi connectivity index (χ2v) is 5.42. The van der Waals surface area contributed by atoms with Gasteiger partial charge in [0.2, 0.25) is 0 Å². The quantitative estimate of drug-likeness (QED) is 0.816. The number of pyridine rings is 1. The first-order chi connectivity index (χ1) is 8.49. The number of hydrogen-bond acceptors (Lipinski definition) is 4. The molecule has 18 heavy (non-hydrogen) atoms. The van der Waals surface area contributed by atoms with Crippen molar-refractivity contribution in [1.29, 1.82) is 0 Å². The zero-order valence-corrected chi connectivity index (χ0v) is 11.9. The molecule has 0 radical (unpaired) electrons. The van der Waals surface area contributed by atoms with Gasteiger partial charge in [0.25, 0.3) is 0 Å². The molecule has 0 aliphatic heterocycles. The minimum Gasteiger partial charge on any atom is -0.490 e.